The van der Waals surface area contributed by atoms with Gasteiger partial charge < -0.3 is 9.47 Å². The molecule has 3 nitrogen and oxygen atoms in total. The van der Waals surface area contributed by atoms with Crippen LogP contribution in [0.2, 0.25) is 0 Å². The van der Waals surface area contributed by atoms with E-state index in [4.69, 9.17) is 9.47 Å². The fourth-order valence-corrected chi connectivity index (χ4v) is 1.62. The summed E-state index contributed by atoms with van der Waals surface area (Å²) in [5.41, 5.74) is 0.551. The molecule has 0 heterocycles. The molecule has 1 aliphatic carbocycles. The molecular weight excluding hydrogens is 204 g/mol. The lowest BCUT2D eigenvalue weighted by molar-refractivity contribution is 0.111. The second-order valence-corrected chi connectivity index (χ2v) is 4.10. The minimum absolute atomic E-state index is 0.551. The molecule has 0 spiro atoms. The Hall–Kier alpha value is -1.51. The summed E-state index contributed by atoms with van der Waals surface area (Å²) in [5, 5.41) is 0. The fourth-order valence-electron chi connectivity index (χ4n) is 1.62. The predicted molar refractivity (Wildman–Crippen MR) is 61.2 cm³/mol. The molecule has 16 heavy (non-hydrogen) atoms. The van der Waals surface area contributed by atoms with Crippen LogP contribution in [0.25, 0.3) is 0 Å². The van der Waals surface area contributed by atoms with E-state index in [0.29, 0.717) is 23.7 Å². The summed E-state index contributed by atoms with van der Waals surface area (Å²) in [4.78, 5) is 10.9. The lowest BCUT2D eigenvalue weighted by atomic mass is 10.2. The van der Waals surface area contributed by atoms with Crippen LogP contribution in [-0.2, 0) is 0 Å². The highest BCUT2D eigenvalue weighted by Crippen LogP contribution is 2.32. The van der Waals surface area contributed by atoms with Crippen molar-refractivity contribution in [3.05, 3.63) is 23.8 Å². The van der Waals surface area contributed by atoms with Crippen molar-refractivity contribution in [2.45, 2.75) is 19.3 Å². The predicted octanol–water partition coefficient (Wildman–Crippen LogP) is 2.69. The molecule has 1 fully saturated rings. The highest BCUT2D eigenvalue weighted by molar-refractivity contribution is 5.80. The molecule has 86 valence electrons. The van der Waals surface area contributed by atoms with Crippen LogP contribution < -0.4 is 9.47 Å². The smallest absolute Gasteiger partial charge is 0.153 e. The van der Waals surface area contributed by atoms with Crippen LogP contribution in [0.5, 0.6) is 11.5 Å². The molecule has 0 aliphatic heterocycles. The quantitative estimate of drug-likeness (QED) is 0.691. The Balaban J connectivity index is 1.97. The van der Waals surface area contributed by atoms with Crippen LogP contribution in [-0.4, -0.2) is 20.0 Å². The van der Waals surface area contributed by atoms with Crippen molar-refractivity contribution >= 4 is 6.29 Å². The van der Waals surface area contributed by atoms with Gasteiger partial charge in [0.2, 0.25) is 0 Å². The summed E-state index contributed by atoms with van der Waals surface area (Å²) in [6.45, 7) is 0.692. The van der Waals surface area contributed by atoms with Crippen LogP contribution in [0.1, 0.15) is 29.6 Å². The largest absolute Gasteiger partial charge is 0.497 e. The first-order valence-corrected chi connectivity index (χ1v) is 5.59. The van der Waals surface area contributed by atoms with E-state index >= 15 is 0 Å². The normalized spacial score (nSPS) is 14.6. The SMILES string of the molecule is COc1ccc(OCCC2CC2)c(C=O)c1. The van der Waals surface area contributed by atoms with Gasteiger partial charge in [-0.15, -0.1) is 0 Å². The highest BCUT2D eigenvalue weighted by Gasteiger charge is 2.20. The molecule has 3 heteroatoms. The van der Waals surface area contributed by atoms with Gasteiger partial charge in [-0.25, -0.2) is 0 Å². The monoisotopic (exact) mass is 220 g/mol. The average molecular weight is 220 g/mol. The Kier molecular flexibility index (Phi) is 3.44. The molecule has 0 aromatic heterocycles. The van der Waals surface area contributed by atoms with E-state index in [-0.39, 0.29) is 0 Å². The summed E-state index contributed by atoms with van der Waals surface area (Å²) in [5.74, 6) is 2.17. The fraction of sp³-hybridized carbons (Fsp3) is 0.462. The number of benzene rings is 1. The standard InChI is InChI=1S/C13H16O3/c1-15-12-4-5-13(11(8-12)9-14)16-7-6-10-2-3-10/h4-5,8-10H,2-3,6-7H2,1H3. The number of hydrogen-bond donors (Lipinski definition) is 0. The molecule has 0 N–H and O–H groups in total. The number of carbonyl (C=O) groups is 1. The van der Waals surface area contributed by atoms with Gasteiger partial charge in [-0.2, -0.15) is 0 Å². The van der Waals surface area contributed by atoms with Crippen molar-refractivity contribution in [1.29, 1.82) is 0 Å². The molecule has 1 saturated carbocycles. The molecule has 0 radical (unpaired) electrons. The number of methoxy groups -OCH3 is 1. The topological polar surface area (TPSA) is 35.5 Å². The van der Waals surface area contributed by atoms with E-state index in [9.17, 15) is 4.79 Å². The van der Waals surface area contributed by atoms with E-state index in [2.05, 4.69) is 0 Å². The number of aldehydes is 1. The number of hydrogen-bond acceptors (Lipinski definition) is 3. The number of carbonyl (C=O) groups excluding carboxylic acids is 1. The first-order chi connectivity index (χ1) is 7.83. The minimum Gasteiger partial charge on any atom is -0.497 e. The van der Waals surface area contributed by atoms with Crippen molar-refractivity contribution in [3.8, 4) is 11.5 Å². The maximum atomic E-state index is 10.9. The summed E-state index contributed by atoms with van der Waals surface area (Å²) in [7, 11) is 1.58. The lowest BCUT2D eigenvalue weighted by Gasteiger charge is -2.09. The van der Waals surface area contributed by atoms with Crippen LogP contribution >= 0.6 is 0 Å². The minimum atomic E-state index is 0.551. The zero-order chi connectivity index (χ0) is 11.4. The zero-order valence-corrected chi connectivity index (χ0v) is 9.44. The molecule has 1 aromatic rings. The number of rotatable bonds is 6. The number of ether oxygens (including phenoxy) is 2. The molecule has 0 saturated heterocycles. The van der Waals surface area contributed by atoms with E-state index in [1.165, 1.54) is 12.8 Å². The lowest BCUT2D eigenvalue weighted by Crippen LogP contribution is -2.01. The van der Waals surface area contributed by atoms with Crippen LogP contribution in [0, 0.1) is 5.92 Å². The van der Waals surface area contributed by atoms with Gasteiger partial charge in [0, 0.05) is 0 Å². The maximum absolute atomic E-state index is 10.9. The Morgan fingerprint density at radius 1 is 1.44 bits per heavy atom. The molecule has 0 amide bonds. The van der Waals surface area contributed by atoms with Gasteiger partial charge in [0.25, 0.3) is 0 Å². The van der Waals surface area contributed by atoms with Gasteiger partial charge in [-0.05, 0) is 30.5 Å². The summed E-state index contributed by atoms with van der Waals surface area (Å²) < 4.78 is 10.6. The summed E-state index contributed by atoms with van der Waals surface area (Å²) in [6, 6.07) is 5.29. The van der Waals surface area contributed by atoms with Crippen LogP contribution in [0.3, 0.4) is 0 Å². The van der Waals surface area contributed by atoms with Crippen molar-refractivity contribution in [2.75, 3.05) is 13.7 Å². The summed E-state index contributed by atoms with van der Waals surface area (Å²) in [6.07, 6.45) is 4.54. The van der Waals surface area contributed by atoms with Gasteiger partial charge in [-0.3, -0.25) is 4.79 Å². The van der Waals surface area contributed by atoms with E-state index in [1.54, 1.807) is 25.3 Å². The van der Waals surface area contributed by atoms with E-state index in [0.717, 1.165) is 18.6 Å². The van der Waals surface area contributed by atoms with E-state index in [1.807, 2.05) is 0 Å². The Morgan fingerprint density at radius 3 is 2.88 bits per heavy atom. The van der Waals surface area contributed by atoms with Gasteiger partial charge in [0.1, 0.15) is 11.5 Å². The molecule has 1 aromatic carbocycles. The maximum Gasteiger partial charge on any atom is 0.153 e. The van der Waals surface area contributed by atoms with Crippen LogP contribution in [0.4, 0.5) is 0 Å². The highest BCUT2D eigenvalue weighted by atomic mass is 16.5. The van der Waals surface area contributed by atoms with Gasteiger partial charge in [0.15, 0.2) is 6.29 Å². The second-order valence-electron chi connectivity index (χ2n) is 4.10. The van der Waals surface area contributed by atoms with E-state index < -0.39 is 0 Å². The van der Waals surface area contributed by atoms with Gasteiger partial charge >= 0.3 is 0 Å². The first kappa shape index (κ1) is 11.0. The van der Waals surface area contributed by atoms with Crippen molar-refractivity contribution in [2.24, 2.45) is 5.92 Å². The second kappa shape index (κ2) is 5.01. The third kappa shape index (κ3) is 2.75. The van der Waals surface area contributed by atoms with Gasteiger partial charge in [-0.1, -0.05) is 12.8 Å². The van der Waals surface area contributed by atoms with Crippen molar-refractivity contribution in [3.63, 3.8) is 0 Å². The molecule has 2 rings (SSSR count). The molecule has 0 unspecified atom stereocenters. The third-order valence-electron chi connectivity index (χ3n) is 2.82. The van der Waals surface area contributed by atoms with Crippen molar-refractivity contribution in [1.82, 2.24) is 0 Å². The Bertz CT molecular complexity index is 369. The molecule has 0 bridgehead atoms. The molecule has 1 aliphatic rings. The zero-order valence-electron chi connectivity index (χ0n) is 9.44. The van der Waals surface area contributed by atoms with Crippen molar-refractivity contribution < 1.29 is 14.3 Å². The molecular formula is C13H16O3. The average Bonchev–Trinajstić information content (AvgIpc) is 3.13. The molecule has 0 atom stereocenters. The first-order valence-electron chi connectivity index (χ1n) is 5.59. The summed E-state index contributed by atoms with van der Waals surface area (Å²) >= 11 is 0. The Morgan fingerprint density at radius 2 is 2.25 bits per heavy atom. The van der Waals surface area contributed by atoms with Gasteiger partial charge in [0.05, 0.1) is 19.3 Å². The van der Waals surface area contributed by atoms with Crippen LogP contribution in [0.15, 0.2) is 18.2 Å². The third-order valence-corrected chi connectivity index (χ3v) is 2.82. The Labute approximate surface area is 95.4 Å².